The minimum absolute atomic E-state index is 0.0752. The van der Waals surface area contributed by atoms with Gasteiger partial charge in [0.05, 0.1) is 0 Å². The quantitative estimate of drug-likeness (QED) is 0.647. The van der Waals surface area contributed by atoms with E-state index in [1.165, 1.54) is 5.56 Å². The highest BCUT2D eigenvalue weighted by Gasteiger charge is 2.28. The van der Waals surface area contributed by atoms with E-state index >= 15 is 0 Å². The zero-order valence-corrected chi connectivity index (χ0v) is 16.7. The summed E-state index contributed by atoms with van der Waals surface area (Å²) >= 11 is 0. The van der Waals surface area contributed by atoms with Crippen LogP contribution < -0.4 is 4.90 Å². The van der Waals surface area contributed by atoms with Crippen molar-refractivity contribution < 1.29 is 4.79 Å². The molecule has 1 saturated heterocycles. The molecule has 1 aromatic carbocycles. The van der Waals surface area contributed by atoms with Crippen molar-refractivity contribution in [1.82, 2.24) is 24.9 Å². The Kier molecular flexibility index (Phi) is 5.84. The molecule has 0 N–H and O–H groups in total. The molecule has 150 valence electrons. The smallest absolute Gasteiger partial charge is 0.226 e. The second kappa shape index (κ2) is 8.86. The van der Waals surface area contributed by atoms with Gasteiger partial charge >= 0.3 is 0 Å². The van der Waals surface area contributed by atoms with E-state index in [1.807, 2.05) is 54.4 Å². The number of carbonyl (C=O) groups is 1. The predicted octanol–water partition coefficient (Wildman–Crippen LogP) is 2.93. The maximum atomic E-state index is 13.0. The summed E-state index contributed by atoms with van der Waals surface area (Å²) < 4.78 is 1.69. The highest BCUT2D eigenvalue weighted by atomic mass is 16.2. The monoisotopic (exact) mass is 390 g/mol. The highest BCUT2D eigenvalue weighted by molar-refractivity contribution is 5.79. The van der Waals surface area contributed by atoms with Crippen molar-refractivity contribution >= 4 is 11.7 Å². The van der Waals surface area contributed by atoms with Gasteiger partial charge in [-0.1, -0.05) is 30.3 Å². The number of hydrogen-bond acceptors (Lipinski definition) is 5. The maximum Gasteiger partial charge on any atom is 0.226 e. The van der Waals surface area contributed by atoms with Crippen molar-refractivity contribution in [1.29, 1.82) is 0 Å². The number of rotatable bonds is 6. The van der Waals surface area contributed by atoms with Gasteiger partial charge in [-0.3, -0.25) is 4.79 Å². The van der Waals surface area contributed by atoms with E-state index in [0.29, 0.717) is 12.4 Å². The van der Waals surface area contributed by atoms with E-state index in [2.05, 4.69) is 32.3 Å². The SMILES string of the molecule is CCN(Cc1ccccc1)C(=O)C1CCN(c2ccc(-n3cccn3)nn2)CC1. The van der Waals surface area contributed by atoms with Gasteiger partial charge in [0.2, 0.25) is 5.91 Å². The lowest BCUT2D eigenvalue weighted by Crippen LogP contribution is -2.42. The van der Waals surface area contributed by atoms with Crippen LogP contribution in [0.4, 0.5) is 5.82 Å². The standard InChI is InChI=1S/C22H26N6O/c1-2-26(17-18-7-4-3-5-8-18)22(29)19-11-15-27(16-12-19)20-9-10-21(25-24-20)28-14-6-13-23-28/h3-10,13-14,19H,2,11-12,15-17H2,1H3. The first-order chi connectivity index (χ1) is 14.2. The van der Waals surface area contributed by atoms with E-state index in [4.69, 9.17) is 0 Å². The lowest BCUT2D eigenvalue weighted by molar-refractivity contribution is -0.136. The number of amides is 1. The molecule has 1 aliphatic heterocycles. The Morgan fingerprint density at radius 1 is 1.03 bits per heavy atom. The first kappa shape index (κ1) is 19.1. The number of aromatic nitrogens is 4. The Morgan fingerprint density at radius 3 is 2.38 bits per heavy atom. The van der Waals surface area contributed by atoms with Gasteiger partial charge in [-0.25, -0.2) is 4.68 Å². The van der Waals surface area contributed by atoms with E-state index < -0.39 is 0 Å². The van der Waals surface area contributed by atoms with Gasteiger partial charge in [0, 0.05) is 44.5 Å². The molecule has 3 aromatic rings. The van der Waals surface area contributed by atoms with Crippen LogP contribution in [0.1, 0.15) is 25.3 Å². The topological polar surface area (TPSA) is 67.2 Å². The number of piperidine rings is 1. The maximum absolute atomic E-state index is 13.0. The number of carbonyl (C=O) groups excluding carboxylic acids is 1. The summed E-state index contributed by atoms with van der Waals surface area (Å²) in [5.41, 5.74) is 1.17. The van der Waals surface area contributed by atoms with Crippen LogP contribution in [0.5, 0.6) is 0 Å². The molecule has 1 aliphatic rings. The van der Waals surface area contributed by atoms with Crippen LogP contribution in [0.3, 0.4) is 0 Å². The molecule has 4 rings (SSSR count). The Morgan fingerprint density at radius 2 is 1.76 bits per heavy atom. The molecule has 0 atom stereocenters. The van der Waals surface area contributed by atoms with Crippen LogP contribution in [-0.2, 0) is 11.3 Å². The summed E-state index contributed by atoms with van der Waals surface area (Å²) in [6.45, 7) is 5.09. The van der Waals surface area contributed by atoms with E-state index in [1.54, 1.807) is 10.9 Å². The largest absolute Gasteiger partial charge is 0.355 e. The third-order valence-electron chi connectivity index (χ3n) is 5.45. The zero-order valence-electron chi connectivity index (χ0n) is 16.7. The van der Waals surface area contributed by atoms with Gasteiger partial charge < -0.3 is 9.80 Å². The molecule has 2 aromatic heterocycles. The fourth-order valence-electron chi connectivity index (χ4n) is 3.78. The highest BCUT2D eigenvalue weighted by Crippen LogP contribution is 2.24. The Bertz CT molecular complexity index is 902. The predicted molar refractivity (Wildman–Crippen MR) is 112 cm³/mol. The number of hydrogen-bond donors (Lipinski definition) is 0. The van der Waals surface area contributed by atoms with Gasteiger partial charge in [0.25, 0.3) is 0 Å². The molecule has 0 unspecified atom stereocenters. The molecule has 1 fully saturated rings. The van der Waals surface area contributed by atoms with Crippen molar-refractivity contribution in [2.45, 2.75) is 26.3 Å². The summed E-state index contributed by atoms with van der Waals surface area (Å²) in [4.78, 5) is 17.2. The fraction of sp³-hybridized carbons (Fsp3) is 0.364. The van der Waals surface area contributed by atoms with E-state index in [0.717, 1.165) is 38.3 Å². The summed E-state index contributed by atoms with van der Waals surface area (Å²) in [6.07, 6.45) is 5.24. The van der Waals surface area contributed by atoms with Gasteiger partial charge in [0.1, 0.15) is 0 Å². The van der Waals surface area contributed by atoms with Crippen LogP contribution >= 0.6 is 0 Å². The van der Waals surface area contributed by atoms with Crippen LogP contribution in [-0.4, -0.2) is 50.4 Å². The molecular formula is C22H26N6O. The lowest BCUT2D eigenvalue weighted by Gasteiger charge is -2.34. The first-order valence-corrected chi connectivity index (χ1v) is 10.2. The molecule has 0 saturated carbocycles. The Hall–Kier alpha value is -3.22. The zero-order chi connectivity index (χ0) is 20.1. The minimum Gasteiger partial charge on any atom is -0.355 e. The number of anilines is 1. The molecule has 1 amide bonds. The molecular weight excluding hydrogens is 364 g/mol. The average molecular weight is 390 g/mol. The molecule has 0 aliphatic carbocycles. The van der Waals surface area contributed by atoms with Crippen molar-refractivity contribution in [2.24, 2.45) is 5.92 Å². The Balaban J connectivity index is 1.34. The molecule has 3 heterocycles. The second-order valence-electron chi connectivity index (χ2n) is 7.30. The van der Waals surface area contributed by atoms with Crippen molar-refractivity contribution in [3.05, 3.63) is 66.5 Å². The van der Waals surface area contributed by atoms with Crippen LogP contribution in [0.25, 0.3) is 5.82 Å². The van der Waals surface area contributed by atoms with Gasteiger partial charge in [-0.15, -0.1) is 10.2 Å². The molecule has 0 radical (unpaired) electrons. The summed E-state index contributed by atoms with van der Waals surface area (Å²) in [6, 6.07) is 15.9. The molecule has 29 heavy (non-hydrogen) atoms. The summed E-state index contributed by atoms with van der Waals surface area (Å²) in [7, 11) is 0. The first-order valence-electron chi connectivity index (χ1n) is 10.2. The fourth-order valence-corrected chi connectivity index (χ4v) is 3.78. The third-order valence-corrected chi connectivity index (χ3v) is 5.45. The molecule has 7 nitrogen and oxygen atoms in total. The summed E-state index contributed by atoms with van der Waals surface area (Å²) in [5, 5.41) is 12.8. The third kappa shape index (κ3) is 4.45. The van der Waals surface area contributed by atoms with Crippen molar-refractivity contribution in [3.63, 3.8) is 0 Å². The molecule has 7 heteroatoms. The minimum atomic E-state index is 0.0752. The number of nitrogens with zero attached hydrogens (tertiary/aromatic N) is 6. The molecule has 0 spiro atoms. The van der Waals surface area contributed by atoms with Crippen LogP contribution in [0.15, 0.2) is 60.9 Å². The summed E-state index contributed by atoms with van der Waals surface area (Å²) in [5.74, 6) is 1.88. The molecule has 0 bridgehead atoms. The van der Waals surface area contributed by atoms with Gasteiger partial charge in [-0.2, -0.15) is 5.10 Å². The van der Waals surface area contributed by atoms with E-state index in [9.17, 15) is 4.79 Å². The number of benzene rings is 1. The normalized spacial score (nSPS) is 14.7. The van der Waals surface area contributed by atoms with Crippen molar-refractivity contribution in [2.75, 3.05) is 24.5 Å². The second-order valence-corrected chi connectivity index (χ2v) is 7.30. The van der Waals surface area contributed by atoms with Crippen LogP contribution in [0, 0.1) is 5.92 Å². The van der Waals surface area contributed by atoms with Crippen molar-refractivity contribution in [3.8, 4) is 5.82 Å². The van der Waals surface area contributed by atoms with Crippen LogP contribution in [0.2, 0.25) is 0 Å². The Labute approximate surface area is 171 Å². The average Bonchev–Trinajstić information content (AvgIpc) is 3.33. The van der Waals surface area contributed by atoms with E-state index in [-0.39, 0.29) is 11.8 Å². The lowest BCUT2D eigenvalue weighted by atomic mass is 9.95. The van der Waals surface area contributed by atoms with Gasteiger partial charge in [-0.05, 0) is 43.5 Å². The van der Waals surface area contributed by atoms with Gasteiger partial charge in [0.15, 0.2) is 11.6 Å².